The zero-order valence-corrected chi connectivity index (χ0v) is 10.9. The molecule has 18 heavy (non-hydrogen) atoms. The van der Waals surface area contributed by atoms with Crippen LogP contribution in [0.1, 0.15) is 38.5 Å². The summed E-state index contributed by atoms with van der Waals surface area (Å²) in [5.74, 6) is 0.460. The van der Waals surface area contributed by atoms with Gasteiger partial charge in [0.1, 0.15) is 5.82 Å². The minimum atomic E-state index is -0.195. The zero-order valence-electron chi connectivity index (χ0n) is 10.9. The number of nitrogens with one attached hydrogen (secondary N) is 1. The molecule has 0 bridgehead atoms. The third-order valence-electron chi connectivity index (χ3n) is 3.92. The predicted molar refractivity (Wildman–Crippen MR) is 74.1 cm³/mol. The van der Waals surface area contributed by atoms with Crippen molar-refractivity contribution >= 4 is 5.69 Å². The molecule has 0 aliphatic heterocycles. The van der Waals surface area contributed by atoms with Crippen molar-refractivity contribution in [1.82, 2.24) is 0 Å². The Kier molecular flexibility index (Phi) is 5.00. The van der Waals surface area contributed by atoms with Crippen LogP contribution in [0.25, 0.3) is 0 Å². The van der Waals surface area contributed by atoms with Crippen LogP contribution >= 0.6 is 0 Å². The van der Waals surface area contributed by atoms with Crippen molar-refractivity contribution < 1.29 is 4.39 Å². The lowest BCUT2D eigenvalue weighted by Crippen LogP contribution is -2.36. The molecule has 1 unspecified atom stereocenters. The Balaban J connectivity index is 1.97. The molecule has 2 nitrogen and oxygen atoms in total. The van der Waals surface area contributed by atoms with E-state index in [1.54, 1.807) is 12.1 Å². The van der Waals surface area contributed by atoms with Crippen molar-refractivity contribution in [2.75, 3.05) is 11.9 Å². The molecule has 1 aliphatic carbocycles. The molecule has 1 aromatic rings. The monoisotopic (exact) mass is 250 g/mol. The Morgan fingerprint density at radius 3 is 2.28 bits per heavy atom. The van der Waals surface area contributed by atoms with E-state index in [1.807, 2.05) is 0 Å². The van der Waals surface area contributed by atoms with Crippen molar-refractivity contribution in [2.45, 2.75) is 44.6 Å². The van der Waals surface area contributed by atoms with Crippen LogP contribution in [0.5, 0.6) is 0 Å². The van der Waals surface area contributed by atoms with Crippen molar-refractivity contribution in [1.29, 1.82) is 0 Å². The number of benzene rings is 1. The summed E-state index contributed by atoms with van der Waals surface area (Å²) in [4.78, 5) is 0. The lowest BCUT2D eigenvalue weighted by atomic mass is 9.91. The van der Waals surface area contributed by atoms with E-state index in [9.17, 15) is 4.39 Å². The van der Waals surface area contributed by atoms with Gasteiger partial charge >= 0.3 is 0 Å². The summed E-state index contributed by atoms with van der Waals surface area (Å²) < 4.78 is 12.9. The highest BCUT2D eigenvalue weighted by molar-refractivity contribution is 5.44. The summed E-state index contributed by atoms with van der Waals surface area (Å²) in [6.45, 7) is 0.641. The molecule has 0 radical (unpaired) electrons. The largest absolute Gasteiger partial charge is 0.381 e. The van der Waals surface area contributed by atoms with Crippen molar-refractivity contribution in [3.8, 4) is 0 Å². The number of hydrogen-bond donors (Lipinski definition) is 2. The molecule has 0 aromatic heterocycles. The first-order valence-corrected chi connectivity index (χ1v) is 7.02. The smallest absolute Gasteiger partial charge is 0.123 e. The van der Waals surface area contributed by atoms with Crippen molar-refractivity contribution in [3.05, 3.63) is 30.1 Å². The number of rotatable bonds is 4. The standard InChI is InChI=1S/C15H23FN2/c16-13-7-9-14(10-8-13)18-15(11-17)12-5-3-1-2-4-6-12/h7-10,12,15,18H,1-6,11,17H2. The first kappa shape index (κ1) is 13.3. The third-order valence-corrected chi connectivity index (χ3v) is 3.92. The van der Waals surface area contributed by atoms with Crippen LogP contribution in [0.3, 0.4) is 0 Å². The lowest BCUT2D eigenvalue weighted by molar-refractivity contribution is 0.398. The summed E-state index contributed by atoms with van der Waals surface area (Å²) in [7, 11) is 0. The van der Waals surface area contributed by atoms with E-state index in [4.69, 9.17) is 5.73 Å². The van der Waals surface area contributed by atoms with E-state index in [2.05, 4.69) is 5.32 Å². The fourth-order valence-electron chi connectivity index (χ4n) is 2.84. The molecule has 3 heteroatoms. The fraction of sp³-hybridized carbons (Fsp3) is 0.600. The van der Waals surface area contributed by atoms with E-state index in [-0.39, 0.29) is 5.82 Å². The third kappa shape index (κ3) is 3.70. The van der Waals surface area contributed by atoms with Crippen LogP contribution < -0.4 is 11.1 Å². The molecular weight excluding hydrogens is 227 g/mol. The van der Waals surface area contributed by atoms with Gasteiger partial charge < -0.3 is 11.1 Å². The normalized spacial score (nSPS) is 19.2. The lowest BCUT2D eigenvalue weighted by Gasteiger charge is -2.27. The highest BCUT2D eigenvalue weighted by Crippen LogP contribution is 2.27. The van der Waals surface area contributed by atoms with Gasteiger partial charge in [-0.2, -0.15) is 0 Å². The van der Waals surface area contributed by atoms with Crippen LogP contribution in [0.2, 0.25) is 0 Å². The van der Waals surface area contributed by atoms with Crippen LogP contribution in [0.15, 0.2) is 24.3 Å². The van der Waals surface area contributed by atoms with Crippen LogP contribution in [0, 0.1) is 11.7 Å². The topological polar surface area (TPSA) is 38.0 Å². The molecule has 1 fully saturated rings. The van der Waals surface area contributed by atoms with Gasteiger partial charge in [0, 0.05) is 18.3 Å². The molecule has 3 N–H and O–H groups in total. The van der Waals surface area contributed by atoms with Crippen LogP contribution in [-0.4, -0.2) is 12.6 Å². The minimum Gasteiger partial charge on any atom is -0.381 e. The Morgan fingerprint density at radius 2 is 1.72 bits per heavy atom. The highest BCUT2D eigenvalue weighted by atomic mass is 19.1. The maximum absolute atomic E-state index is 12.9. The van der Waals surface area contributed by atoms with Gasteiger partial charge in [-0.25, -0.2) is 4.39 Å². The molecule has 0 saturated heterocycles. The average molecular weight is 250 g/mol. The first-order valence-electron chi connectivity index (χ1n) is 7.02. The summed E-state index contributed by atoms with van der Waals surface area (Å²) in [6.07, 6.45) is 7.85. The van der Waals surface area contributed by atoms with Gasteiger partial charge in [-0.05, 0) is 43.0 Å². The van der Waals surface area contributed by atoms with E-state index in [1.165, 1.54) is 50.7 Å². The van der Waals surface area contributed by atoms with Crippen LogP contribution in [-0.2, 0) is 0 Å². The van der Waals surface area contributed by atoms with Gasteiger partial charge in [0.15, 0.2) is 0 Å². The Bertz CT molecular complexity index is 342. The summed E-state index contributed by atoms with van der Waals surface area (Å²) >= 11 is 0. The van der Waals surface area contributed by atoms with Gasteiger partial charge in [-0.3, -0.25) is 0 Å². The first-order chi connectivity index (χ1) is 8.79. The van der Waals surface area contributed by atoms with E-state index < -0.39 is 0 Å². The van der Waals surface area contributed by atoms with E-state index in [0.717, 1.165) is 5.69 Å². The maximum Gasteiger partial charge on any atom is 0.123 e. The highest BCUT2D eigenvalue weighted by Gasteiger charge is 2.21. The zero-order chi connectivity index (χ0) is 12.8. The van der Waals surface area contributed by atoms with E-state index in [0.29, 0.717) is 18.5 Å². The number of halogens is 1. The fourth-order valence-corrected chi connectivity index (χ4v) is 2.84. The second kappa shape index (κ2) is 6.74. The van der Waals surface area contributed by atoms with Crippen molar-refractivity contribution in [3.63, 3.8) is 0 Å². The van der Waals surface area contributed by atoms with Crippen molar-refractivity contribution in [2.24, 2.45) is 11.7 Å². The number of anilines is 1. The number of hydrogen-bond acceptors (Lipinski definition) is 2. The Morgan fingerprint density at radius 1 is 1.11 bits per heavy atom. The van der Waals surface area contributed by atoms with Gasteiger partial charge in [0.2, 0.25) is 0 Å². The quantitative estimate of drug-likeness (QED) is 0.802. The second-order valence-corrected chi connectivity index (χ2v) is 5.25. The Hall–Kier alpha value is -1.09. The molecule has 0 heterocycles. The molecule has 0 spiro atoms. The Labute approximate surface area is 109 Å². The number of nitrogens with two attached hydrogens (primary N) is 1. The molecular formula is C15H23FN2. The average Bonchev–Trinajstić information content (AvgIpc) is 2.67. The summed E-state index contributed by atoms with van der Waals surface area (Å²) in [6, 6.07) is 6.86. The molecule has 1 atom stereocenters. The van der Waals surface area contributed by atoms with Gasteiger partial charge in [-0.1, -0.05) is 25.7 Å². The summed E-state index contributed by atoms with van der Waals surface area (Å²) in [5, 5.41) is 3.46. The van der Waals surface area contributed by atoms with Crippen LogP contribution in [0.4, 0.5) is 10.1 Å². The van der Waals surface area contributed by atoms with E-state index >= 15 is 0 Å². The minimum absolute atomic E-state index is 0.195. The van der Waals surface area contributed by atoms with Gasteiger partial charge in [0.05, 0.1) is 0 Å². The summed E-state index contributed by atoms with van der Waals surface area (Å²) in [5.41, 5.74) is 6.86. The SMILES string of the molecule is NCC(Nc1ccc(F)cc1)C1CCCCCC1. The molecule has 2 rings (SSSR count). The van der Waals surface area contributed by atoms with Gasteiger partial charge in [0.25, 0.3) is 0 Å². The molecule has 0 amide bonds. The second-order valence-electron chi connectivity index (χ2n) is 5.25. The molecule has 1 aliphatic rings. The molecule has 1 aromatic carbocycles. The predicted octanol–water partition coefficient (Wildman–Crippen LogP) is 3.54. The maximum atomic E-state index is 12.9. The molecule has 100 valence electrons. The van der Waals surface area contributed by atoms with Gasteiger partial charge in [-0.15, -0.1) is 0 Å². The molecule has 1 saturated carbocycles.